The Kier molecular flexibility index (Phi) is 3.68. The molecular weight excluding hydrogens is 192 g/mol. The molecule has 1 heterocycles. The number of nitrogens with zero attached hydrogens (tertiary/aromatic N) is 3. The van der Waals surface area contributed by atoms with Crippen LogP contribution in [0.1, 0.15) is 26.7 Å². The summed E-state index contributed by atoms with van der Waals surface area (Å²) in [5, 5.41) is 7.89. The molecule has 5 nitrogen and oxygen atoms in total. The Morgan fingerprint density at radius 3 is 2.53 bits per heavy atom. The van der Waals surface area contributed by atoms with Crippen molar-refractivity contribution in [2.75, 3.05) is 25.0 Å². The first-order valence-electron chi connectivity index (χ1n) is 5.16. The molecule has 0 spiro atoms. The van der Waals surface area contributed by atoms with Crippen molar-refractivity contribution in [2.45, 2.75) is 27.2 Å². The quantitative estimate of drug-likeness (QED) is 0.808. The van der Waals surface area contributed by atoms with Gasteiger partial charge in [0.25, 0.3) is 0 Å². The van der Waals surface area contributed by atoms with Gasteiger partial charge in [0.05, 0.1) is 0 Å². The lowest BCUT2D eigenvalue weighted by molar-refractivity contribution is 0.399. The lowest BCUT2D eigenvalue weighted by atomic mass is 9.96. The average molecular weight is 212 g/mol. The van der Waals surface area contributed by atoms with Crippen molar-refractivity contribution in [3.63, 3.8) is 0 Å². The van der Waals surface area contributed by atoms with E-state index in [0.29, 0.717) is 24.9 Å². The summed E-state index contributed by atoms with van der Waals surface area (Å²) in [7, 11) is 1.95. The summed E-state index contributed by atoms with van der Waals surface area (Å²) in [5.74, 6) is 0.605. The van der Waals surface area contributed by atoms with Crippen LogP contribution in [-0.4, -0.2) is 30.3 Å². The van der Waals surface area contributed by atoms with E-state index >= 15 is 0 Å². The van der Waals surface area contributed by atoms with E-state index in [1.54, 1.807) is 0 Å². The van der Waals surface area contributed by atoms with Crippen LogP contribution in [0.4, 0.5) is 6.01 Å². The van der Waals surface area contributed by atoms with E-state index in [9.17, 15) is 0 Å². The standard InChI is InChI=1S/C10H20N4O/c1-10(2,3)7-14(4)9-13-12-8(15-9)5-6-11/h5-7,11H2,1-4H3. The van der Waals surface area contributed by atoms with Gasteiger partial charge >= 0.3 is 6.01 Å². The molecule has 0 aliphatic rings. The second-order valence-electron chi connectivity index (χ2n) is 4.93. The third kappa shape index (κ3) is 3.87. The van der Waals surface area contributed by atoms with Gasteiger partial charge in [-0.3, -0.25) is 0 Å². The molecule has 0 atom stereocenters. The van der Waals surface area contributed by atoms with Crippen molar-refractivity contribution in [2.24, 2.45) is 11.1 Å². The summed E-state index contributed by atoms with van der Waals surface area (Å²) in [6.07, 6.45) is 0.635. The maximum atomic E-state index is 5.46. The predicted molar refractivity (Wildman–Crippen MR) is 59.8 cm³/mol. The van der Waals surface area contributed by atoms with Crippen LogP contribution in [-0.2, 0) is 6.42 Å². The maximum Gasteiger partial charge on any atom is 0.317 e. The van der Waals surface area contributed by atoms with E-state index in [0.717, 1.165) is 6.54 Å². The van der Waals surface area contributed by atoms with Gasteiger partial charge in [0, 0.05) is 26.6 Å². The molecule has 1 aromatic heterocycles. The van der Waals surface area contributed by atoms with Gasteiger partial charge in [-0.05, 0) is 5.41 Å². The summed E-state index contributed by atoms with van der Waals surface area (Å²) in [4.78, 5) is 1.97. The minimum absolute atomic E-state index is 0.206. The van der Waals surface area contributed by atoms with E-state index in [-0.39, 0.29) is 5.41 Å². The van der Waals surface area contributed by atoms with Gasteiger partial charge in [-0.1, -0.05) is 25.9 Å². The number of hydrogen-bond donors (Lipinski definition) is 1. The molecule has 2 N–H and O–H groups in total. The van der Waals surface area contributed by atoms with Gasteiger partial charge in [-0.25, -0.2) is 0 Å². The molecule has 0 radical (unpaired) electrons. The first-order chi connectivity index (χ1) is 6.92. The number of hydrogen-bond acceptors (Lipinski definition) is 5. The Balaban J connectivity index is 2.61. The highest BCUT2D eigenvalue weighted by Crippen LogP contribution is 2.18. The van der Waals surface area contributed by atoms with Gasteiger partial charge in [-0.15, -0.1) is 5.10 Å². The zero-order chi connectivity index (χ0) is 11.5. The zero-order valence-corrected chi connectivity index (χ0v) is 9.95. The smallest absolute Gasteiger partial charge is 0.317 e. The Hall–Kier alpha value is -1.10. The Labute approximate surface area is 90.7 Å². The minimum atomic E-state index is 0.206. The largest absolute Gasteiger partial charge is 0.408 e. The monoisotopic (exact) mass is 212 g/mol. The predicted octanol–water partition coefficient (Wildman–Crippen LogP) is 1.05. The van der Waals surface area contributed by atoms with Crippen molar-refractivity contribution in [1.29, 1.82) is 0 Å². The number of aromatic nitrogens is 2. The molecule has 1 aromatic rings. The molecular formula is C10H20N4O. The van der Waals surface area contributed by atoms with Crippen molar-refractivity contribution in [1.82, 2.24) is 10.2 Å². The van der Waals surface area contributed by atoms with Crippen LogP contribution >= 0.6 is 0 Å². The molecule has 5 heteroatoms. The van der Waals surface area contributed by atoms with Crippen molar-refractivity contribution in [3.8, 4) is 0 Å². The van der Waals surface area contributed by atoms with Gasteiger partial charge < -0.3 is 15.1 Å². The van der Waals surface area contributed by atoms with E-state index in [4.69, 9.17) is 10.2 Å². The molecule has 0 saturated heterocycles. The van der Waals surface area contributed by atoms with Crippen molar-refractivity contribution in [3.05, 3.63) is 5.89 Å². The lowest BCUT2D eigenvalue weighted by Crippen LogP contribution is -2.29. The van der Waals surface area contributed by atoms with Crippen LogP contribution in [0.15, 0.2) is 4.42 Å². The molecule has 0 aliphatic heterocycles. The third-order valence-corrected chi connectivity index (χ3v) is 1.85. The van der Waals surface area contributed by atoms with Crippen molar-refractivity contribution >= 4 is 6.01 Å². The van der Waals surface area contributed by atoms with Crippen LogP contribution in [0.2, 0.25) is 0 Å². The Morgan fingerprint density at radius 1 is 1.33 bits per heavy atom. The molecule has 1 rings (SSSR count). The Bertz CT molecular complexity index is 303. The molecule has 0 saturated carbocycles. The molecule has 0 bridgehead atoms. The molecule has 0 amide bonds. The summed E-state index contributed by atoms with van der Waals surface area (Å²) in [6.45, 7) is 7.91. The van der Waals surface area contributed by atoms with Crippen LogP contribution in [0, 0.1) is 5.41 Å². The second kappa shape index (κ2) is 4.61. The average Bonchev–Trinajstić information content (AvgIpc) is 2.50. The summed E-state index contributed by atoms with van der Waals surface area (Å²) >= 11 is 0. The van der Waals surface area contributed by atoms with Crippen molar-refractivity contribution < 1.29 is 4.42 Å². The van der Waals surface area contributed by atoms with Crippen LogP contribution in [0.5, 0.6) is 0 Å². The fraction of sp³-hybridized carbons (Fsp3) is 0.800. The first kappa shape index (κ1) is 12.0. The molecule has 0 aromatic carbocycles. The lowest BCUT2D eigenvalue weighted by Gasteiger charge is -2.24. The van der Waals surface area contributed by atoms with E-state index in [1.165, 1.54) is 0 Å². The summed E-state index contributed by atoms with van der Waals surface area (Å²) < 4.78 is 5.46. The third-order valence-electron chi connectivity index (χ3n) is 1.85. The van der Waals surface area contributed by atoms with Gasteiger partial charge in [0.15, 0.2) is 0 Å². The maximum absolute atomic E-state index is 5.46. The second-order valence-corrected chi connectivity index (χ2v) is 4.93. The fourth-order valence-corrected chi connectivity index (χ4v) is 1.40. The zero-order valence-electron chi connectivity index (χ0n) is 9.95. The number of nitrogens with two attached hydrogens (primary N) is 1. The van der Waals surface area contributed by atoms with Crippen LogP contribution in [0.3, 0.4) is 0 Å². The highest BCUT2D eigenvalue weighted by Gasteiger charge is 2.17. The highest BCUT2D eigenvalue weighted by atomic mass is 16.4. The van der Waals surface area contributed by atoms with Gasteiger partial charge in [0.2, 0.25) is 5.89 Å². The number of rotatable bonds is 4. The molecule has 0 fully saturated rings. The number of anilines is 1. The molecule has 0 unspecified atom stereocenters. The summed E-state index contributed by atoms with van der Waals surface area (Å²) in [5.41, 5.74) is 5.61. The van der Waals surface area contributed by atoms with E-state index in [2.05, 4.69) is 31.0 Å². The highest BCUT2D eigenvalue weighted by molar-refractivity contribution is 5.22. The minimum Gasteiger partial charge on any atom is -0.408 e. The topological polar surface area (TPSA) is 68.2 Å². The van der Waals surface area contributed by atoms with Crippen LogP contribution in [0.25, 0.3) is 0 Å². The SMILES string of the molecule is CN(CC(C)(C)C)c1nnc(CCN)o1. The van der Waals surface area contributed by atoms with Gasteiger partial charge in [-0.2, -0.15) is 0 Å². The molecule has 0 aliphatic carbocycles. The normalized spacial score (nSPS) is 11.8. The van der Waals surface area contributed by atoms with Gasteiger partial charge in [0.1, 0.15) is 0 Å². The summed E-state index contributed by atoms with van der Waals surface area (Å²) in [6, 6.07) is 0.563. The first-order valence-corrected chi connectivity index (χ1v) is 5.16. The Morgan fingerprint density at radius 2 is 2.00 bits per heavy atom. The van der Waals surface area contributed by atoms with Crippen LogP contribution < -0.4 is 10.6 Å². The van der Waals surface area contributed by atoms with E-state index < -0.39 is 0 Å². The fourth-order valence-electron chi connectivity index (χ4n) is 1.40. The molecule has 15 heavy (non-hydrogen) atoms. The van der Waals surface area contributed by atoms with E-state index in [1.807, 2.05) is 11.9 Å². The molecule has 86 valence electrons.